The number of amides is 1. The minimum atomic E-state index is -0.102. The molecule has 1 N–H and O–H groups in total. The molecule has 0 fully saturated rings. The van der Waals surface area contributed by atoms with Crippen LogP contribution in [0.15, 0.2) is 36.9 Å². The maximum absolute atomic E-state index is 12.2. The molecule has 0 saturated carbocycles. The van der Waals surface area contributed by atoms with Gasteiger partial charge in [-0.2, -0.15) is 18.8 Å². The van der Waals surface area contributed by atoms with Crippen LogP contribution in [0.25, 0.3) is 16.8 Å². The molecule has 0 spiro atoms. The molecule has 1 aromatic carbocycles. The molecule has 1 amide bonds. The highest BCUT2D eigenvalue weighted by Gasteiger charge is 2.08. The first kappa shape index (κ1) is 14.6. The zero-order valence-corrected chi connectivity index (χ0v) is 13.4. The van der Waals surface area contributed by atoms with Gasteiger partial charge in [0.25, 0.3) is 11.7 Å². The van der Waals surface area contributed by atoms with Crippen LogP contribution < -0.4 is 5.32 Å². The fourth-order valence-corrected chi connectivity index (χ4v) is 2.92. The van der Waals surface area contributed by atoms with E-state index in [-0.39, 0.29) is 5.91 Å². The number of hydrogen-bond donors (Lipinski definition) is 1. The van der Waals surface area contributed by atoms with E-state index in [0.717, 1.165) is 41.2 Å². The molecule has 0 aliphatic carbocycles. The number of aryl methyl sites for hydroxylation is 1. The largest absolute Gasteiger partial charge is 0.352 e. The SMILES string of the molecule is O=C(NCCCc1cnc2ncnn2c1)c1ccc2nsnc2c1. The van der Waals surface area contributed by atoms with Crippen molar-refractivity contribution in [1.82, 2.24) is 33.6 Å². The number of carbonyl (C=O) groups excluding carboxylic acids is 1. The number of nitrogens with zero attached hydrogens (tertiary/aromatic N) is 6. The maximum Gasteiger partial charge on any atom is 0.252 e. The second-order valence-electron chi connectivity index (χ2n) is 5.29. The first-order valence-electron chi connectivity index (χ1n) is 7.44. The van der Waals surface area contributed by atoms with Gasteiger partial charge in [0, 0.05) is 24.5 Å². The fourth-order valence-electron chi connectivity index (χ4n) is 2.41. The molecule has 0 bridgehead atoms. The Hall–Kier alpha value is -2.94. The van der Waals surface area contributed by atoms with Crippen LogP contribution in [0, 0.1) is 0 Å². The van der Waals surface area contributed by atoms with Crippen LogP contribution in [0.5, 0.6) is 0 Å². The summed E-state index contributed by atoms with van der Waals surface area (Å²) in [7, 11) is 0. The van der Waals surface area contributed by atoms with Gasteiger partial charge >= 0.3 is 0 Å². The summed E-state index contributed by atoms with van der Waals surface area (Å²) in [6.07, 6.45) is 6.78. The van der Waals surface area contributed by atoms with Crippen LogP contribution in [0.3, 0.4) is 0 Å². The third kappa shape index (κ3) is 2.93. The van der Waals surface area contributed by atoms with Crippen molar-refractivity contribution in [2.75, 3.05) is 6.54 Å². The van der Waals surface area contributed by atoms with E-state index in [9.17, 15) is 4.79 Å². The van der Waals surface area contributed by atoms with Gasteiger partial charge in [0.05, 0.1) is 11.7 Å². The van der Waals surface area contributed by atoms with E-state index in [2.05, 4.69) is 29.1 Å². The lowest BCUT2D eigenvalue weighted by Crippen LogP contribution is -2.24. The van der Waals surface area contributed by atoms with Crippen LogP contribution in [0.2, 0.25) is 0 Å². The number of carbonyl (C=O) groups is 1. The minimum absolute atomic E-state index is 0.102. The molecular formula is C15H13N7OS. The van der Waals surface area contributed by atoms with E-state index < -0.39 is 0 Å². The van der Waals surface area contributed by atoms with Crippen LogP contribution in [-0.4, -0.2) is 40.8 Å². The topological polar surface area (TPSA) is 98.0 Å². The van der Waals surface area contributed by atoms with Gasteiger partial charge in [-0.25, -0.2) is 9.50 Å². The molecule has 0 aliphatic rings. The maximum atomic E-state index is 12.2. The van der Waals surface area contributed by atoms with Crippen molar-refractivity contribution in [2.45, 2.75) is 12.8 Å². The van der Waals surface area contributed by atoms with Crippen LogP contribution in [0.1, 0.15) is 22.3 Å². The van der Waals surface area contributed by atoms with E-state index >= 15 is 0 Å². The standard InChI is InChI=1S/C15H13N7OS/c23-14(11-3-4-12-13(6-11)21-24-20-12)16-5-1-2-10-7-17-15-18-9-19-22(15)8-10/h3-4,6-9H,1-2,5H2,(H,16,23). The Morgan fingerprint density at radius 1 is 1.21 bits per heavy atom. The monoisotopic (exact) mass is 339 g/mol. The van der Waals surface area contributed by atoms with Gasteiger partial charge in [-0.05, 0) is 36.6 Å². The second kappa shape index (κ2) is 6.28. The summed E-state index contributed by atoms with van der Waals surface area (Å²) in [5.74, 6) is 0.480. The quantitative estimate of drug-likeness (QED) is 0.553. The molecule has 8 nitrogen and oxygen atoms in total. The predicted octanol–water partition coefficient (Wildman–Crippen LogP) is 1.49. The molecule has 4 rings (SSSR count). The average Bonchev–Trinajstić information content (AvgIpc) is 3.25. The third-order valence-corrected chi connectivity index (χ3v) is 4.19. The first-order valence-corrected chi connectivity index (χ1v) is 8.17. The summed E-state index contributed by atoms with van der Waals surface area (Å²) in [4.78, 5) is 20.4. The average molecular weight is 339 g/mol. The van der Waals surface area contributed by atoms with Crippen molar-refractivity contribution >= 4 is 34.4 Å². The van der Waals surface area contributed by atoms with Crippen molar-refractivity contribution in [3.8, 4) is 0 Å². The van der Waals surface area contributed by atoms with Crippen molar-refractivity contribution in [3.63, 3.8) is 0 Å². The Morgan fingerprint density at radius 2 is 2.12 bits per heavy atom. The molecule has 24 heavy (non-hydrogen) atoms. The number of fused-ring (bicyclic) bond motifs is 2. The van der Waals surface area contributed by atoms with E-state index in [0.29, 0.717) is 17.9 Å². The summed E-state index contributed by atoms with van der Waals surface area (Å²) in [5.41, 5.74) is 3.21. The molecule has 120 valence electrons. The van der Waals surface area contributed by atoms with Gasteiger partial charge in [-0.15, -0.1) is 0 Å². The van der Waals surface area contributed by atoms with E-state index in [1.54, 1.807) is 22.8 Å². The Bertz CT molecular complexity index is 1010. The third-order valence-electron chi connectivity index (χ3n) is 3.63. The molecular weight excluding hydrogens is 326 g/mol. The second-order valence-corrected chi connectivity index (χ2v) is 5.82. The molecule has 0 aliphatic heterocycles. The number of rotatable bonds is 5. The molecule has 0 saturated heterocycles. The first-order chi connectivity index (χ1) is 11.8. The Balaban J connectivity index is 1.32. The number of benzene rings is 1. The lowest BCUT2D eigenvalue weighted by Gasteiger charge is -2.05. The number of hydrogen-bond acceptors (Lipinski definition) is 7. The van der Waals surface area contributed by atoms with Crippen molar-refractivity contribution in [1.29, 1.82) is 0 Å². The van der Waals surface area contributed by atoms with E-state index in [1.165, 1.54) is 6.33 Å². The Kier molecular flexibility index (Phi) is 3.83. The fraction of sp³-hybridized carbons (Fsp3) is 0.200. The normalized spacial score (nSPS) is 11.2. The Labute approximate surface area is 140 Å². The summed E-state index contributed by atoms with van der Waals surface area (Å²) in [5, 5.41) is 6.98. The highest BCUT2D eigenvalue weighted by atomic mass is 32.1. The predicted molar refractivity (Wildman–Crippen MR) is 88.9 cm³/mol. The van der Waals surface area contributed by atoms with Crippen LogP contribution >= 0.6 is 11.7 Å². The van der Waals surface area contributed by atoms with Gasteiger partial charge in [0.2, 0.25) is 0 Å². The molecule has 3 heterocycles. The van der Waals surface area contributed by atoms with Crippen molar-refractivity contribution in [2.24, 2.45) is 0 Å². The molecule has 4 aromatic rings. The van der Waals surface area contributed by atoms with Crippen molar-refractivity contribution < 1.29 is 4.79 Å². The highest BCUT2D eigenvalue weighted by Crippen LogP contribution is 2.13. The van der Waals surface area contributed by atoms with Gasteiger partial charge in [-0.3, -0.25) is 4.79 Å². The van der Waals surface area contributed by atoms with Crippen molar-refractivity contribution in [3.05, 3.63) is 48.0 Å². The molecule has 0 atom stereocenters. The van der Waals surface area contributed by atoms with Gasteiger partial charge in [0.15, 0.2) is 0 Å². The smallest absolute Gasteiger partial charge is 0.252 e. The molecule has 0 radical (unpaired) electrons. The van der Waals surface area contributed by atoms with Crippen LogP contribution in [-0.2, 0) is 6.42 Å². The molecule has 3 aromatic heterocycles. The molecule has 9 heteroatoms. The van der Waals surface area contributed by atoms with E-state index in [1.807, 2.05) is 12.3 Å². The van der Waals surface area contributed by atoms with Crippen LogP contribution in [0.4, 0.5) is 0 Å². The molecule has 0 unspecified atom stereocenters. The summed E-state index contributed by atoms with van der Waals surface area (Å²) >= 11 is 1.14. The highest BCUT2D eigenvalue weighted by molar-refractivity contribution is 7.00. The lowest BCUT2D eigenvalue weighted by atomic mass is 10.1. The minimum Gasteiger partial charge on any atom is -0.352 e. The summed E-state index contributed by atoms with van der Waals surface area (Å²) in [6.45, 7) is 0.585. The zero-order chi connectivity index (χ0) is 16.4. The Morgan fingerprint density at radius 3 is 3.08 bits per heavy atom. The summed E-state index contributed by atoms with van der Waals surface area (Å²) in [6, 6.07) is 5.34. The van der Waals surface area contributed by atoms with Gasteiger partial charge in [0.1, 0.15) is 17.4 Å². The summed E-state index contributed by atoms with van der Waals surface area (Å²) < 4.78 is 9.92. The lowest BCUT2D eigenvalue weighted by molar-refractivity contribution is 0.0953. The number of aromatic nitrogens is 6. The zero-order valence-electron chi connectivity index (χ0n) is 12.6. The van der Waals surface area contributed by atoms with Gasteiger partial charge < -0.3 is 5.32 Å². The van der Waals surface area contributed by atoms with E-state index in [4.69, 9.17) is 0 Å². The number of nitrogens with one attached hydrogen (secondary N) is 1. The van der Waals surface area contributed by atoms with Gasteiger partial charge in [-0.1, -0.05) is 0 Å².